The molecule has 0 rings (SSSR count). The zero-order valence-corrected chi connectivity index (χ0v) is 18.9. The van der Waals surface area contributed by atoms with Crippen LogP contribution in [0.3, 0.4) is 0 Å². The van der Waals surface area contributed by atoms with E-state index >= 15 is 0 Å². The van der Waals surface area contributed by atoms with Gasteiger partial charge in [0.2, 0.25) is 0 Å². The summed E-state index contributed by atoms with van der Waals surface area (Å²) in [5.74, 6) is 0. The zero-order chi connectivity index (χ0) is 21.1. The van der Waals surface area contributed by atoms with Crippen molar-refractivity contribution in [1.29, 1.82) is 0 Å². The molecule has 0 unspecified atom stereocenters. The molecule has 0 aromatic carbocycles. The minimum atomic E-state index is 1.20. The molecule has 160 valence electrons. The molecule has 0 amide bonds. The Morgan fingerprint density at radius 1 is 0.414 bits per heavy atom. The summed E-state index contributed by atoms with van der Waals surface area (Å²) in [7, 11) is 0. The Balaban J connectivity index is 3.48. The summed E-state index contributed by atoms with van der Waals surface area (Å²) in [6.45, 7) is 5.91. The van der Waals surface area contributed by atoms with Gasteiger partial charge in [-0.25, -0.2) is 0 Å². The third-order valence-corrected chi connectivity index (χ3v) is 4.58. The molecule has 0 radical (unpaired) electrons. The maximum Gasteiger partial charge on any atom is -0.0348 e. The van der Waals surface area contributed by atoms with Crippen molar-refractivity contribution in [2.75, 3.05) is 0 Å². The second-order valence-electron chi connectivity index (χ2n) is 7.30. The van der Waals surface area contributed by atoms with E-state index in [1.165, 1.54) is 77.0 Å². The Kier molecular flexibility index (Phi) is 24.1. The highest BCUT2D eigenvalue weighted by Crippen LogP contribution is 2.11. The molecular formula is C29H44. The van der Waals surface area contributed by atoms with Crippen LogP contribution in [0.5, 0.6) is 0 Å². The van der Waals surface area contributed by atoms with Crippen LogP contribution >= 0.6 is 0 Å². The van der Waals surface area contributed by atoms with Crippen molar-refractivity contribution >= 4 is 0 Å². The molecule has 0 heteroatoms. The molecule has 0 aliphatic heterocycles. The fourth-order valence-corrected chi connectivity index (χ4v) is 2.89. The summed E-state index contributed by atoms with van der Waals surface area (Å²) in [6, 6.07) is 0. The fourth-order valence-electron chi connectivity index (χ4n) is 2.89. The molecule has 0 nitrogen and oxygen atoms in total. The standard InChI is InChI=1S/C29H44/c1-3-5-7-9-11-13-15-17-19-21-23-25-27-29-28-26-24-22-20-18-16-14-12-10-8-6-4-2/h3,5,7,9,11,13,15,17,19,21,23,25,27-29H,1,4,6,8,10,12,14,16,18,20,22,24,26H2,2H3. The minimum Gasteiger partial charge on any atom is -0.0991 e. The molecule has 0 bridgehead atoms. The highest BCUT2D eigenvalue weighted by atomic mass is 14.0. The van der Waals surface area contributed by atoms with Crippen LogP contribution in [0.1, 0.15) is 84.0 Å². The number of unbranched alkanes of at least 4 members (excludes halogenated alkanes) is 11. The van der Waals surface area contributed by atoms with Gasteiger partial charge in [-0.05, 0) is 12.8 Å². The average molecular weight is 393 g/mol. The second-order valence-corrected chi connectivity index (χ2v) is 7.30. The Bertz CT molecular complexity index is 534. The SMILES string of the molecule is C=CC=CC=CC=CC=CC=CC=CC=CCCCCCCCCCCCCC. The molecule has 0 aromatic rings. The fraction of sp³-hybridized carbons (Fsp3) is 0.448. The van der Waals surface area contributed by atoms with E-state index < -0.39 is 0 Å². The van der Waals surface area contributed by atoms with Crippen molar-refractivity contribution in [1.82, 2.24) is 0 Å². The van der Waals surface area contributed by atoms with Gasteiger partial charge < -0.3 is 0 Å². The van der Waals surface area contributed by atoms with Gasteiger partial charge in [-0.2, -0.15) is 0 Å². The van der Waals surface area contributed by atoms with Crippen LogP contribution in [0.2, 0.25) is 0 Å². The van der Waals surface area contributed by atoms with E-state index in [2.05, 4.69) is 43.9 Å². The highest BCUT2D eigenvalue weighted by molar-refractivity contribution is 5.21. The minimum absolute atomic E-state index is 1.20. The first-order valence-corrected chi connectivity index (χ1v) is 11.7. The van der Waals surface area contributed by atoms with E-state index in [1.807, 2.05) is 54.7 Å². The zero-order valence-electron chi connectivity index (χ0n) is 18.9. The summed E-state index contributed by atoms with van der Waals surface area (Å²) < 4.78 is 0. The first-order chi connectivity index (χ1) is 14.4. The van der Waals surface area contributed by atoms with Gasteiger partial charge >= 0.3 is 0 Å². The van der Waals surface area contributed by atoms with Crippen molar-refractivity contribution < 1.29 is 0 Å². The van der Waals surface area contributed by atoms with Crippen LogP contribution in [0.4, 0.5) is 0 Å². The predicted octanol–water partition coefficient (Wildman–Crippen LogP) is 9.77. The summed E-state index contributed by atoms with van der Waals surface area (Å²) in [5, 5.41) is 0. The van der Waals surface area contributed by atoms with Gasteiger partial charge in [-0.15, -0.1) is 0 Å². The van der Waals surface area contributed by atoms with Crippen molar-refractivity contribution in [3.63, 3.8) is 0 Å². The lowest BCUT2D eigenvalue weighted by molar-refractivity contribution is 0.550. The Labute approximate surface area is 181 Å². The maximum atomic E-state index is 3.62. The predicted molar refractivity (Wildman–Crippen MR) is 135 cm³/mol. The maximum absolute atomic E-state index is 3.62. The monoisotopic (exact) mass is 392 g/mol. The number of rotatable bonds is 19. The summed E-state index contributed by atoms with van der Waals surface area (Å²) in [6.07, 6.45) is 47.1. The lowest BCUT2D eigenvalue weighted by Gasteiger charge is -2.01. The van der Waals surface area contributed by atoms with Crippen LogP contribution in [-0.2, 0) is 0 Å². The van der Waals surface area contributed by atoms with Gasteiger partial charge in [0.1, 0.15) is 0 Å². The van der Waals surface area contributed by atoms with E-state index in [0.29, 0.717) is 0 Å². The van der Waals surface area contributed by atoms with Gasteiger partial charge in [0.25, 0.3) is 0 Å². The molecule has 0 atom stereocenters. The van der Waals surface area contributed by atoms with Gasteiger partial charge in [0, 0.05) is 0 Å². The Hall–Kier alpha value is -2.08. The van der Waals surface area contributed by atoms with E-state index in [1.54, 1.807) is 6.08 Å². The lowest BCUT2D eigenvalue weighted by atomic mass is 10.1. The molecule has 0 heterocycles. The number of hydrogen-bond acceptors (Lipinski definition) is 0. The van der Waals surface area contributed by atoms with Crippen LogP contribution in [0.25, 0.3) is 0 Å². The highest BCUT2D eigenvalue weighted by Gasteiger charge is 1.92. The average Bonchev–Trinajstić information content (AvgIpc) is 2.74. The Morgan fingerprint density at radius 3 is 1.17 bits per heavy atom. The second kappa shape index (κ2) is 25.9. The van der Waals surface area contributed by atoms with E-state index in [4.69, 9.17) is 0 Å². The first kappa shape index (κ1) is 26.9. The third kappa shape index (κ3) is 25.9. The van der Waals surface area contributed by atoms with Crippen LogP contribution in [0, 0.1) is 0 Å². The molecule has 0 saturated heterocycles. The first-order valence-electron chi connectivity index (χ1n) is 11.7. The third-order valence-electron chi connectivity index (χ3n) is 4.58. The summed E-state index contributed by atoms with van der Waals surface area (Å²) >= 11 is 0. The molecule has 0 aromatic heterocycles. The van der Waals surface area contributed by atoms with Crippen molar-refractivity contribution in [3.05, 3.63) is 97.7 Å². The summed E-state index contributed by atoms with van der Waals surface area (Å²) in [4.78, 5) is 0. The largest absolute Gasteiger partial charge is 0.0991 e. The van der Waals surface area contributed by atoms with E-state index in [0.717, 1.165) is 0 Å². The van der Waals surface area contributed by atoms with Crippen LogP contribution < -0.4 is 0 Å². The quantitative estimate of drug-likeness (QED) is 0.151. The van der Waals surface area contributed by atoms with Gasteiger partial charge in [-0.3, -0.25) is 0 Å². The van der Waals surface area contributed by atoms with E-state index in [-0.39, 0.29) is 0 Å². The van der Waals surface area contributed by atoms with Gasteiger partial charge in [-0.1, -0.05) is 169 Å². The molecule has 0 aliphatic carbocycles. The van der Waals surface area contributed by atoms with Crippen molar-refractivity contribution in [2.24, 2.45) is 0 Å². The molecule has 0 aliphatic rings. The molecule has 0 saturated carbocycles. The molecule has 29 heavy (non-hydrogen) atoms. The molecule has 0 spiro atoms. The molecular weight excluding hydrogens is 348 g/mol. The normalized spacial score (nSPS) is 13.1. The Morgan fingerprint density at radius 2 is 0.759 bits per heavy atom. The number of hydrogen-bond donors (Lipinski definition) is 0. The van der Waals surface area contributed by atoms with E-state index in [9.17, 15) is 0 Å². The lowest BCUT2D eigenvalue weighted by Crippen LogP contribution is -1.81. The van der Waals surface area contributed by atoms with Gasteiger partial charge in [0.15, 0.2) is 0 Å². The van der Waals surface area contributed by atoms with Gasteiger partial charge in [0.05, 0.1) is 0 Å². The molecule has 0 fully saturated rings. The smallest absolute Gasteiger partial charge is 0.0348 e. The topological polar surface area (TPSA) is 0 Å². The number of allylic oxidation sites excluding steroid dienone is 15. The van der Waals surface area contributed by atoms with Crippen LogP contribution in [0.15, 0.2) is 97.7 Å². The van der Waals surface area contributed by atoms with Crippen molar-refractivity contribution in [3.8, 4) is 0 Å². The van der Waals surface area contributed by atoms with Crippen molar-refractivity contribution in [2.45, 2.75) is 84.0 Å². The summed E-state index contributed by atoms with van der Waals surface area (Å²) in [5.41, 5.74) is 0. The molecule has 0 N–H and O–H groups in total. The van der Waals surface area contributed by atoms with Crippen LogP contribution in [-0.4, -0.2) is 0 Å².